The second-order valence-corrected chi connectivity index (χ2v) is 6.36. The van der Waals surface area contributed by atoms with Gasteiger partial charge in [0.15, 0.2) is 0 Å². The van der Waals surface area contributed by atoms with Crippen molar-refractivity contribution in [1.29, 1.82) is 0 Å². The summed E-state index contributed by atoms with van der Waals surface area (Å²) in [6, 6.07) is 6.14. The fraction of sp³-hybridized carbons (Fsp3) is 0.529. The second-order valence-electron chi connectivity index (χ2n) is 6.36. The van der Waals surface area contributed by atoms with Gasteiger partial charge in [-0.15, -0.1) is 0 Å². The van der Waals surface area contributed by atoms with Crippen LogP contribution in [-0.2, 0) is 16.0 Å². The van der Waals surface area contributed by atoms with Crippen molar-refractivity contribution in [1.82, 2.24) is 10.6 Å². The molecule has 0 aromatic heterocycles. The molecule has 1 aromatic carbocycles. The maximum Gasteiger partial charge on any atom is 0.235 e. The molecule has 2 N–H and O–H groups in total. The molecule has 4 nitrogen and oxygen atoms in total. The van der Waals surface area contributed by atoms with Crippen molar-refractivity contribution in [2.45, 2.75) is 34.1 Å². The topological polar surface area (TPSA) is 58.2 Å². The molecule has 0 aliphatic rings. The van der Waals surface area contributed by atoms with E-state index in [1.54, 1.807) is 26.0 Å². The molecule has 0 atom stereocenters. The molecule has 0 bridgehead atoms. The minimum atomic E-state index is -1.11. The maximum atomic E-state index is 12.8. The van der Waals surface area contributed by atoms with Crippen LogP contribution in [0.1, 0.15) is 33.3 Å². The standard InChI is InChI=1S/C17H25FN2O2/c1-12(2)11-20-16(22)17(3,4)15(21)19-10-9-13-5-7-14(18)8-6-13/h5-8,12H,9-11H2,1-4H3,(H,19,21)(H,20,22). The Bertz CT molecular complexity index is 510. The van der Waals surface area contributed by atoms with Crippen LogP contribution < -0.4 is 10.6 Å². The van der Waals surface area contributed by atoms with Crippen LogP contribution in [0.3, 0.4) is 0 Å². The molecule has 22 heavy (non-hydrogen) atoms. The molecule has 0 spiro atoms. The summed E-state index contributed by atoms with van der Waals surface area (Å²) in [5.41, 5.74) is -0.179. The third kappa shape index (κ3) is 5.47. The quantitative estimate of drug-likeness (QED) is 0.759. The number of carbonyl (C=O) groups excluding carboxylic acids is 2. The van der Waals surface area contributed by atoms with Gasteiger partial charge in [0.25, 0.3) is 0 Å². The zero-order valence-electron chi connectivity index (χ0n) is 13.7. The predicted molar refractivity (Wildman–Crippen MR) is 84.7 cm³/mol. The summed E-state index contributed by atoms with van der Waals surface area (Å²) in [4.78, 5) is 24.2. The Hall–Kier alpha value is -1.91. The Labute approximate surface area is 131 Å². The van der Waals surface area contributed by atoms with Gasteiger partial charge in [-0.05, 0) is 43.9 Å². The van der Waals surface area contributed by atoms with Crippen LogP contribution >= 0.6 is 0 Å². The lowest BCUT2D eigenvalue weighted by Gasteiger charge is -2.23. The summed E-state index contributed by atoms with van der Waals surface area (Å²) in [5.74, 6) is -0.534. The van der Waals surface area contributed by atoms with Crippen LogP contribution in [0.25, 0.3) is 0 Å². The van der Waals surface area contributed by atoms with Crippen molar-refractivity contribution in [3.8, 4) is 0 Å². The molecule has 2 amide bonds. The summed E-state index contributed by atoms with van der Waals surface area (Å²) >= 11 is 0. The fourth-order valence-corrected chi connectivity index (χ4v) is 1.81. The SMILES string of the molecule is CC(C)CNC(=O)C(C)(C)C(=O)NCCc1ccc(F)cc1. The van der Waals surface area contributed by atoms with E-state index in [-0.39, 0.29) is 17.6 Å². The second kappa shape index (κ2) is 7.92. The van der Waals surface area contributed by atoms with E-state index in [4.69, 9.17) is 0 Å². The summed E-state index contributed by atoms with van der Waals surface area (Å²) in [5, 5.41) is 5.54. The van der Waals surface area contributed by atoms with E-state index in [1.165, 1.54) is 12.1 Å². The van der Waals surface area contributed by atoms with Crippen LogP contribution in [0.15, 0.2) is 24.3 Å². The smallest absolute Gasteiger partial charge is 0.235 e. The van der Waals surface area contributed by atoms with Crippen molar-refractivity contribution < 1.29 is 14.0 Å². The van der Waals surface area contributed by atoms with E-state index < -0.39 is 5.41 Å². The Morgan fingerprint density at radius 2 is 1.64 bits per heavy atom. The third-order valence-electron chi connectivity index (χ3n) is 3.42. The molecular weight excluding hydrogens is 283 g/mol. The molecule has 1 aromatic rings. The van der Waals surface area contributed by atoms with E-state index in [1.807, 2.05) is 13.8 Å². The van der Waals surface area contributed by atoms with Gasteiger partial charge in [0.05, 0.1) is 0 Å². The first kappa shape index (κ1) is 18.1. The van der Waals surface area contributed by atoms with Crippen LogP contribution in [0.5, 0.6) is 0 Å². The van der Waals surface area contributed by atoms with Gasteiger partial charge in [-0.1, -0.05) is 26.0 Å². The number of nitrogens with one attached hydrogen (secondary N) is 2. The molecule has 0 radical (unpaired) electrons. The van der Waals surface area contributed by atoms with Crippen LogP contribution in [-0.4, -0.2) is 24.9 Å². The van der Waals surface area contributed by atoms with Gasteiger partial charge in [-0.3, -0.25) is 9.59 Å². The van der Waals surface area contributed by atoms with Gasteiger partial charge in [0.1, 0.15) is 11.2 Å². The summed E-state index contributed by atoms with van der Waals surface area (Å²) in [6.45, 7) is 8.16. The molecule has 0 unspecified atom stereocenters. The van der Waals surface area contributed by atoms with E-state index in [0.29, 0.717) is 25.4 Å². The number of amides is 2. The lowest BCUT2D eigenvalue weighted by Crippen LogP contribution is -2.48. The molecule has 122 valence electrons. The molecule has 1 rings (SSSR count). The predicted octanol–water partition coefficient (Wildman–Crippen LogP) is 2.28. The molecule has 0 saturated carbocycles. The number of carbonyl (C=O) groups is 2. The third-order valence-corrected chi connectivity index (χ3v) is 3.42. The molecule has 0 heterocycles. The summed E-state index contributed by atoms with van der Waals surface area (Å²) < 4.78 is 12.8. The van der Waals surface area contributed by atoms with Gasteiger partial charge >= 0.3 is 0 Å². The highest BCUT2D eigenvalue weighted by Crippen LogP contribution is 2.15. The Kier molecular flexibility index (Phi) is 6.53. The average Bonchev–Trinajstić information content (AvgIpc) is 2.46. The van der Waals surface area contributed by atoms with Crippen molar-refractivity contribution in [3.63, 3.8) is 0 Å². The molecule has 0 aliphatic carbocycles. The molecule has 0 saturated heterocycles. The van der Waals surface area contributed by atoms with Gasteiger partial charge in [-0.25, -0.2) is 4.39 Å². The number of hydrogen-bond acceptors (Lipinski definition) is 2. The van der Waals surface area contributed by atoms with Gasteiger partial charge in [0.2, 0.25) is 11.8 Å². The van der Waals surface area contributed by atoms with Crippen molar-refractivity contribution in [2.24, 2.45) is 11.3 Å². The molecule has 5 heteroatoms. The first-order valence-electron chi connectivity index (χ1n) is 7.54. The van der Waals surface area contributed by atoms with E-state index in [9.17, 15) is 14.0 Å². The van der Waals surface area contributed by atoms with E-state index in [0.717, 1.165) is 5.56 Å². The first-order chi connectivity index (χ1) is 10.2. The average molecular weight is 308 g/mol. The zero-order chi connectivity index (χ0) is 16.8. The van der Waals surface area contributed by atoms with Gasteiger partial charge in [-0.2, -0.15) is 0 Å². The lowest BCUT2D eigenvalue weighted by atomic mass is 9.90. The van der Waals surface area contributed by atoms with Crippen LogP contribution in [0.4, 0.5) is 4.39 Å². The molecule has 0 aliphatic heterocycles. The normalized spacial score (nSPS) is 11.4. The Balaban J connectivity index is 2.45. The minimum Gasteiger partial charge on any atom is -0.355 e. The summed E-state index contributed by atoms with van der Waals surface area (Å²) in [6.07, 6.45) is 0.593. The number of benzene rings is 1. The number of rotatable bonds is 7. The minimum absolute atomic E-state index is 0.277. The lowest BCUT2D eigenvalue weighted by molar-refractivity contribution is -0.141. The van der Waals surface area contributed by atoms with Crippen LogP contribution in [0, 0.1) is 17.2 Å². The van der Waals surface area contributed by atoms with Crippen molar-refractivity contribution in [3.05, 3.63) is 35.6 Å². The first-order valence-corrected chi connectivity index (χ1v) is 7.54. The number of halogens is 1. The summed E-state index contributed by atoms with van der Waals surface area (Å²) in [7, 11) is 0. The van der Waals surface area contributed by atoms with Crippen molar-refractivity contribution in [2.75, 3.05) is 13.1 Å². The zero-order valence-corrected chi connectivity index (χ0v) is 13.7. The highest BCUT2D eigenvalue weighted by molar-refractivity contribution is 6.04. The highest BCUT2D eigenvalue weighted by Gasteiger charge is 2.35. The fourth-order valence-electron chi connectivity index (χ4n) is 1.81. The highest BCUT2D eigenvalue weighted by atomic mass is 19.1. The Morgan fingerprint density at radius 3 is 2.18 bits per heavy atom. The monoisotopic (exact) mass is 308 g/mol. The molecular formula is C17H25FN2O2. The number of hydrogen-bond donors (Lipinski definition) is 2. The van der Waals surface area contributed by atoms with Crippen molar-refractivity contribution >= 4 is 11.8 Å². The molecule has 0 fully saturated rings. The van der Waals surface area contributed by atoms with Crippen LogP contribution in [0.2, 0.25) is 0 Å². The Morgan fingerprint density at radius 1 is 1.09 bits per heavy atom. The van der Waals surface area contributed by atoms with E-state index in [2.05, 4.69) is 10.6 Å². The van der Waals surface area contributed by atoms with Gasteiger partial charge < -0.3 is 10.6 Å². The van der Waals surface area contributed by atoms with Gasteiger partial charge in [0, 0.05) is 13.1 Å². The largest absolute Gasteiger partial charge is 0.355 e. The van der Waals surface area contributed by atoms with E-state index >= 15 is 0 Å². The maximum absolute atomic E-state index is 12.8.